The smallest absolute Gasteiger partial charge is 0.227 e. The number of nitrogens with zero attached hydrogens (tertiary/aromatic N) is 2. The third kappa shape index (κ3) is 3.28. The molecule has 1 N–H and O–H groups in total. The highest BCUT2D eigenvalue weighted by atomic mass is 19.1. The van der Waals surface area contributed by atoms with Crippen LogP contribution in [0.2, 0.25) is 0 Å². The average Bonchev–Trinajstić information content (AvgIpc) is 3.19. The number of benzene rings is 1. The number of hydrogen-bond acceptors (Lipinski definition) is 3. The summed E-state index contributed by atoms with van der Waals surface area (Å²) in [6, 6.07) is 5.07. The fourth-order valence-electron chi connectivity index (χ4n) is 4.12. The molecule has 2 atom stereocenters. The Labute approximate surface area is 146 Å². The van der Waals surface area contributed by atoms with Gasteiger partial charge in [0.15, 0.2) is 0 Å². The van der Waals surface area contributed by atoms with Crippen LogP contribution in [0.25, 0.3) is 10.9 Å². The van der Waals surface area contributed by atoms with Crippen molar-refractivity contribution in [3.05, 3.63) is 35.8 Å². The Hall–Kier alpha value is -1.92. The van der Waals surface area contributed by atoms with E-state index in [2.05, 4.69) is 16.8 Å². The molecule has 0 aliphatic carbocycles. The van der Waals surface area contributed by atoms with Crippen molar-refractivity contribution in [2.45, 2.75) is 19.4 Å². The molecule has 0 bridgehead atoms. The Morgan fingerprint density at radius 1 is 1.32 bits per heavy atom. The average molecular weight is 345 g/mol. The lowest BCUT2D eigenvalue weighted by atomic mass is 10.0. The van der Waals surface area contributed by atoms with Crippen LogP contribution in [0.5, 0.6) is 0 Å². The summed E-state index contributed by atoms with van der Waals surface area (Å²) in [5, 5.41) is 0.923. The van der Waals surface area contributed by atoms with E-state index in [1.54, 1.807) is 6.07 Å². The zero-order valence-electron chi connectivity index (χ0n) is 14.5. The summed E-state index contributed by atoms with van der Waals surface area (Å²) in [5.41, 5.74) is 1.67. The molecule has 134 valence electrons. The van der Waals surface area contributed by atoms with Gasteiger partial charge in [-0.05, 0) is 29.7 Å². The van der Waals surface area contributed by atoms with Crippen LogP contribution < -0.4 is 0 Å². The quantitative estimate of drug-likeness (QED) is 0.926. The number of carbonyl (C=O) groups excluding carboxylic acids is 1. The molecule has 4 rings (SSSR count). The number of nitrogens with one attached hydrogen (secondary N) is 1. The Morgan fingerprint density at radius 2 is 2.12 bits per heavy atom. The second-order valence-corrected chi connectivity index (χ2v) is 7.17. The van der Waals surface area contributed by atoms with Crippen LogP contribution in [0, 0.1) is 11.7 Å². The van der Waals surface area contributed by atoms with Crippen molar-refractivity contribution in [1.29, 1.82) is 0 Å². The first kappa shape index (κ1) is 16.5. The molecule has 0 spiro atoms. The van der Waals surface area contributed by atoms with Crippen molar-refractivity contribution >= 4 is 16.8 Å². The van der Waals surface area contributed by atoms with Crippen molar-refractivity contribution in [3.8, 4) is 0 Å². The van der Waals surface area contributed by atoms with Gasteiger partial charge < -0.3 is 14.6 Å². The molecule has 0 saturated carbocycles. The first-order valence-electron chi connectivity index (χ1n) is 8.97. The Balaban J connectivity index is 1.44. The number of aromatic amines is 1. The monoisotopic (exact) mass is 345 g/mol. The van der Waals surface area contributed by atoms with Crippen LogP contribution >= 0.6 is 0 Å². The van der Waals surface area contributed by atoms with Crippen LogP contribution in [0.15, 0.2) is 24.4 Å². The van der Waals surface area contributed by atoms with Gasteiger partial charge in [-0.25, -0.2) is 4.39 Å². The number of morpholine rings is 1. The van der Waals surface area contributed by atoms with Gasteiger partial charge in [-0.15, -0.1) is 0 Å². The number of fused-ring (bicyclic) bond motifs is 1. The van der Waals surface area contributed by atoms with E-state index in [9.17, 15) is 9.18 Å². The van der Waals surface area contributed by atoms with E-state index in [1.807, 2.05) is 11.1 Å². The van der Waals surface area contributed by atoms with Crippen LogP contribution in [0.3, 0.4) is 0 Å². The number of H-pyrrole nitrogens is 1. The lowest BCUT2D eigenvalue weighted by molar-refractivity contribution is -0.129. The topological polar surface area (TPSA) is 48.6 Å². The molecule has 5 nitrogen and oxygen atoms in total. The Bertz CT molecular complexity index is 769. The summed E-state index contributed by atoms with van der Waals surface area (Å²) in [5.74, 6) is 0.348. The molecule has 2 aliphatic heterocycles. The highest BCUT2D eigenvalue weighted by Crippen LogP contribution is 2.25. The second-order valence-electron chi connectivity index (χ2n) is 7.17. The molecule has 1 aromatic carbocycles. The van der Waals surface area contributed by atoms with E-state index in [1.165, 1.54) is 12.1 Å². The van der Waals surface area contributed by atoms with Gasteiger partial charge in [0.2, 0.25) is 5.91 Å². The first-order valence-corrected chi connectivity index (χ1v) is 8.97. The highest BCUT2D eigenvalue weighted by Gasteiger charge is 2.36. The molecule has 1 amide bonds. The van der Waals surface area contributed by atoms with Gasteiger partial charge in [0, 0.05) is 49.3 Å². The van der Waals surface area contributed by atoms with E-state index in [0.29, 0.717) is 18.4 Å². The fraction of sp³-hybridized carbons (Fsp3) is 0.526. The molecule has 2 aromatic rings. The molecular formula is C19H24FN3O2. The fourth-order valence-corrected chi connectivity index (χ4v) is 4.12. The predicted octanol–water partition coefficient (Wildman–Crippen LogP) is 2.03. The molecule has 2 fully saturated rings. The number of aromatic nitrogens is 1. The molecule has 1 aromatic heterocycles. The van der Waals surface area contributed by atoms with Crippen LogP contribution in [0.4, 0.5) is 4.39 Å². The number of ether oxygens (including phenoxy) is 1. The summed E-state index contributed by atoms with van der Waals surface area (Å²) in [7, 11) is 0. The summed E-state index contributed by atoms with van der Waals surface area (Å²) in [4.78, 5) is 20.3. The number of rotatable bonds is 3. The van der Waals surface area contributed by atoms with Crippen molar-refractivity contribution in [2.24, 2.45) is 5.92 Å². The normalized spacial score (nSPS) is 25.0. The van der Waals surface area contributed by atoms with E-state index in [-0.39, 0.29) is 11.7 Å². The van der Waals surface area contributed by atoms with Gasteiger partial charge >= 0.3 is 0 Å². The number of hydrogen-bond donors (Lipinski definition) is 1. The van der Waals surface area contributed by atoms with Gasteiger partial charge in [0.1, 0.15) is 5.82 Å². The number of amides is 1. The van der Waals surface area contributed by atoms with Gasteiger partial charge in [-0.3, -0.25) is 9.69 Å². The van der Waals surface area contributed by atoms with E-state index >= 15 is 0 Å². The minimum absolute atomic E-state index is 0.146. The van der Waals surface area contributed by atoms with Crippen molar-refractivity contribution in [2.75, 3.05) is 39.4 Å². The van der Waals surface area contributed by atoms with E-state index in [0.717, 1.165) is 55.9 Å². The standard InChI is InChI=1S/C19H24FN3O2/c1-13-11-23(12-18(13)22-4-6-25-7-5-22)19(24)8-14-10-21-17-9-15(20)2-3-16(14)17/h2-3,9-10,13,18,21H,4-8,11-12H2,1H3. The molecule has 2 unspecified atom stereocenters. The SMILES string of the molecule is CC1CN(C(=O)Cc2c[nH]c3cc(F)ccc23)CC1N1CCOCC1. The van der Waals surface area contributed by atoms with Crippen LogP contribution in [0.1, 0.15) is 12.5 Å². The lowest BCUT2D eigenvalue weighted by Crippen LogP contribution is -2.47. The molecule has 6 heteroatoms. The van der Waals surface area contributed by atoms with Crippen molar-refractivity contribution < 1.29 is 13.9 Å². The largest absolute Gasteiger partial charge is 0.379 e. The second kappa shape index (κ2) is 6.77. The van der Waals surface area contributed by atoms with E-state index < -0.39 is 0 Å². The van der Waals surface area contributed by atoms with Crippen LogP contribution in [-0.4, -0.2) is 66.1 Å². The van der Waals surface area contributed by atoms with Gasteiger partial charge in [-0.2, -0.15) is 0 Å². The van der Waals surface area contributed by atoms with Crippen molar-refractivity contribution in [3.63, 3.8) is 0 Å². The first-order chi connectivity index (χ1) is 12.1. The summed E-state index contributed by atoms with van der Waals surface area (Å²) >= 11 is 0. The zero-order valence-corrected chi connectivity index (χ0v) is 14.5. The van der Waals surface area contributed by atoms with E-state index in [4.69, 9.17) is 4.74 Å². The minimum atomic E-state index is -0.269. The maximum Gasteiger partial charge on any atom is 0.227 e. The molecule has 2 aliphatic rings. The Kier molecular flexibility index (Phi) is 4.48. The van der Waals surface area contributed by atoms with Gasteiger partial charge in [0.25, 0.3) is 0 Å². The highest BCUT2D eigenvalue weighted by molar-refractivity contribution is 5.89. The maximum atomic E-state index is 13.3. The van der Waals surface area contributed by atoms with Crippen LogP contribution in [-0.2, 0) is 16.0 Å². The zero-order chi connectivity index (χ0) is 17.4. The summed E-state index contributed by atoms with van der Waals surface area (Å²) in [6.07, 6.45) is 2.18. The lowest BCUT2D eigenvalue weighted by Gasteiger charge is -2.34. The molecular weight excluding hydrogens is 321 g/mol. The maximum absolute atomic E-state index is 13.3. The van der Waals surface area contributed by atoms with Gasteiger partial charge in [0.05, 0.1) is 19.6 Å². The third-order valence-corrected chi connectivity index (χ3v) is 5.51. The Morgan fingerprint density at radius 3 is 2.92 bits per heavy atom. The third-order valence-electron chi connectivity index (χ3n) is 5.51. The number of carbonyl (C=O) groups is 1. The molecule has 3 heterocycles. The number of halogens is 1. The molecule has 25 heavy (non-hydrogen) atoms. The predicted molar refractivity (Wildman–Crippen MR) is 93.9 cm³/mol. The van der Waals surface area contributed by atoms with Crippen molar-refractivity contribution in [1.82, 2.24) is 14.8 Å². The minimum Gasteiger partial charge on any atom is -0.379 e. The van der Waals surface area contributed by atoms with Gasteiger partial charge in [-0.1, -0.05) is 6.92 Å². The number of likely N-dealkylation sites (tertiary alicyclic amines) is 1. The summed E-state index contributed by atoms with van der Waals surface area (Å²) < 4.78 is 18.7. The molecule has 0 radical (unpaired) electrons. The molecule has 2 saturated heterocycles. The summed E-state index contributed by atoms with van der Waals surface area (Å²) in [6.45, 7) is 7.28.